The summed E-state index contributed by atoms with van der Waals surface area (Å²) in [6.45, 7) is 3.56. The van der Waals surface area contributed by atoms with E-state index in [1.807, 2.05) is 6.07 Å². The first kappa shape index (κ1) is 14.5. The van der Waals surface area contributed by atoms with E-state index >= 15 is 0 Å². The van der Waals surface area contributed by atoms with Crippen LogP contribution < -0.4 is 5.56 Å². The summed E-state index contributed by atoms with van der Waals surface area (Å²) in [5.41, 5.74) is -0.284. The average Bonchev–Trinajstić information content (AvgIpc) is 2.37. The summed E-state index contributed by atoms with van der Waals surface area (Å²) in [6.07, 6.45) is 0.0687. The molecule has 0 aliphatic carbocycles. The van der Waals surface area contributed by atoms with Crippen molar-refractivity contribution < 1.29 is 9.53 Å². The third kappa shape index (κ3) is 2.51. The molecule has 0 bridgehead atoms. The van der Waals surface area contributed by atoms with Crippen LogP contribution >= 0.6 is 12.2 Å². The van der Waals surface area contributed by atoms with Crippen LogP contribution in [0.2, 0.25) is 0 Å². The topological polar surface area (TPSA) is 64.1 Å². The van der Waals surface area contributed by atoms with Crippen molar-refractivity contribution in [3.05, 3.63) is 39.4 Å². The lowest BCUT2D eigenvalue weighted by molar-refractivity contribution is -0.142. The molecule has 1 aromatic heterocycles. The molecule has 1 heterocycles. The summed E-state index contributed by atoms with van der Waals surface area (Å²) in [4.78, 5) is 27.1. The summed E-state index contributed by atoms with van der Waals surface area (Å²) in [6, 6.07) is 7.15. The first-order chi connectivity index (χ1) is 9.36. The predicted octanol–water partition coefficient (Wildman–Crippen LogP) is 2.36. The molecule has 1 N–H and O–H groups in total. The van der Waals surface area contributed by atoms with E-state index in [9.17, 15) is 9.59 Å². The summed E-state index contributed by atoms with van der Waals surface area (Å²) in [5, 5.41) is 0.541. The maximum Gasteiger partial charge on any atom is 0.307 e. The molecule has 2 aromatic rings. The van der Waals surface area contributed by atoms with E-state index in [4.69, 9.17) is 12.2 Å². The molecule has 0 spiro atoms. The van der Waals surface area contributed by atoms with E-state index < -0.39 is 5.54 Å². The smallest absolute Gasteiger partial charge is 0.307 e. The SMILES string of the molecule is COC(=O)CC(C)(C)n1c(=S)[nH]c2ccccc2c1=O. The van der Waals surface area contributed by atoms with E-state index in [0.717, 1.165) is 0 Å². The highest BCUT2D eigenvalue weighted by Gasteiger charge is 2.27. The number of H-pyrrole nitrogens is 1. The Labute approximate surface area is 121 Å². The van der Waals surface area contributed by atoms with Gasteiger partial charge in [0.15, 0.2) is 4.77 Å². The molecule has 0 saturated heterocycles. The van der Waals surface area contributed by atoms with Gasteiger partial charge in [0.25, 0.3) is 5.56 Å². The van der Waals surface area contributed by atoms with Crippen LogP contribution in [-0.4, -0.2) is 22.6 Å². The lowest BCUT2D eigenvalue weighted by Crippen LogP contribution is -2.39. The first-order valence-corrected chi connectivity index (χ1v) is 6.59. The van der Waals surface area contributed by atoms with Gasteiger partial charge in [-0.05, 0) is 38.2 Å². The second-order valence-corrected chi connectivity index (χ2v) is 5.57. The zero-order chi connectivity index (χ0) is 14.9. The fourth-order valence-corrected chi connectivity index (χ4v) is 2.66. The summed E-state index contributed by atoms with van der Waals surface area (Å²) in [5.74, 6) is -0.385. The lowest BCUT2D eigenvalue weighted by atomic mass is 10.00. The molecule has 6 heteroatoms. The molecule has 106 valence electrons. The maximum absolute atomic E-state index is 12.6. The zero-order valence-corrected chi connectivity index (χ0v) is 12.4. The number of carbonyl (C=O) groups is 1. The number of carbonyl (C=O) groups excluding carboxylic acids is 1. The normalized spacial score (nSPS) is 11.6. The molecule has 0 aliphatic heterocycles. The minimum atomic E-state index is -0.762. The number of aromatic nitrogens is 2. The van der Waals surface area contributed by atoms with E-state index in [0.29, 0.717) is 15.7 Å². The van der Waals surface area contributed by atoms with Crippen molar-refractivity contribution in [1.82, 2.24) is 9.55 Å². The van der Waals surface area contributed by atoms with Gasteiger partial charge in [-0.25, -0.2) is 0 Å². The van der Waals surface area contributed by atoms with E-state index in [2.05, 4.69) is 9.72 Å². The van der Waals surface area contributed by atoms with Gasteiger partial charge in [0.05, 0.1) is 30.0 Å². The van der Waals surface area contributed by atoms with Gasteiger partial charge in [-0.3, -0.25) is 14.2 Å². The van der Waals surface area contributed by atoms with E-state index in [1.54, 1.807) is 32.0 Å². The Bertz CT molecular complexity index is 774. The molecule has 0 amide bonds. The van der Waals surface area contributed by atoms with Crippen LogP contribution in [-0.2, 0) is 15.1 Å². The number of rotatable bonds is 3. The van der Waals surface area contributed by atoms with E-state index in [1.165, 1.54) is 11.7 Å². The summed E-state index contributed by atoms with van der Waals surface area (Å²) < 4.78 is 6.40. The van der Waals surface area contributed by atoms with Gasteiger partial charge in [-0.15, -0.1) is 0 Å². The molecule has 0 fully saturated rings. The number of hydrogen-bond donors (Lipinski definition) is 1. The van der Waals surface area contributed by atoms with Gasteiger partial charge in [0.2, 0.25) is 0 Å². The second kappa shape index (κ2) is 5.20. The third-order valence-electron chi connectivity index (χ3n) is 3.22. The Morgan fingerprint density at radius 2 is 2.05 bits per heavy atom. The Morgan fingerprint density at radius 1 is 1.40 bits per heavy atom. The minimum Gasteiger partial charge on any atom is -0.469 e. The highest BCUT2D eigenvalue weighted by atomic mass is 32.1. The number of benzene rings is 1. The van der Waals surface area contributed by atoms with Crippen LogP contribution in [0.1, 0.15) is 20.3 Å². The summed E-state index contributed by atoms with van der Waals surface area (Å²) in [7, 11) is 1.32. The van der Waals surface area contributed by atoms with Crippen molar-refractivity contribution in [2.45, 2.75) is 25.8 Å². The van der Waals surface area contributed by atoms with Crippen LogP contribution in [0.25, 0.3) is 10.9 Å². The highest BCUT2D eigenvalue weighted by Crippen LogP contribution is 2.20. The molecule has 5 nitrogen and oxygen atoms in total. The quantitative estimate of drug-likeness (QED) is 0.697. The van der Waals surface area contributed by atoms with Crippen molar-refractivity contribution in [2.24, 2.45) is 0 Å². The Hall–Kier alpha value is -1.95. The minimum absolute atomic E-state index is 0.0687. The summed E-state index contributed by atoms with van der Waals surface area (Å²) >= 11 is 5.26. The second-order valence-electron chi connectivity index (χ2n) is 5.18. The van der Waals surface area contributed by atoms with Crippen LogP contribution in [0, 0.1) is 4.77 Å². The van der Waals surface area contributed by atoms with Crippen molar-refractivity contribution in [3.63, 3.8) is 0 Å². The standard InChI is InChI=1S/C14H16N2O3S/c1-14(2,8-11(17)19-3)16-12(18)9-6-4-5-7-10(9)15-13(16)20/h4-7H,8H2,1-3H3,(H,15,20). The number of ether oxygens (including phenoxy) is 1. The maximum atomic E-state index is 12.6. The molecule has 1 aromatic carbocycles. The lowest BCUT2D eigenvalue weighted by Gasteiger charge is -2.26. The Morgan fingerprint density at radius 3 is 2.70 bits per heavy atom. The molecule has 20 heavy (non-hydrogen) atoms. The molecule has 2 rings (SSSR count). The molecular weight excluding hydrogens is 276 g/mol. The number of nitrogens with zero attached hydrogens (tertiary/aromatic N) is 1. The van der Waals surface area contributed by atoms with Crippen molar-refractivity contribution >= 4 is 29.1 Å². The van der Waals surface area contributed by atoms with Gasteiger partial charge >= 0.3 is 5.97 Å². The zero-order valence-electron chi connectivity index (χ0n) is 11.6. The van der Waals surface area contributed by atoms with Crippen molar-refractivity contribution in [3.8, 4) is 0 Å². The van der Waals surface area contributed by atoms with Crippen LogP contribution in [0.3, 0.4) is 0 Å². The number of fused-ring (bicyclic) bond motifs is 1. The molecule has 0 unspecified atom stereocenters. The fraction of sp³-hybridized carbons (Fsp3) is 0.357. The number of esters is 1. The van der Waals surface area contributed by atoms with Crippen LogP contribution in [0.15, 0.2) is 29.1 Å². The fourth-order valence-electron chi connectivity index (χ4n) is 2.22. The van der Waals surface area contributed by atoms with Crippen molar-refractivity contribution in [2.75, 3.05) is 7.11 Å². The Kier molecular flexibility index (Phi) is 3.76. The molecule has 0 atom stereocenters. The average molecular weight is 292 g/mol. The number of methoxy groups -OCH3 is 1. The largest absolute Gasteiger partial charge is 0.469 e. The number of hydrogen-bond acceptors (Lipinski definition) is 4. The molecule has 0 aliphatic rings. The van der Waals surface area contributed by atoms with Crippen molar-refractivity contribution in [1.29, 1.82) is 0 Å². The van der Waals surface area contributed by atoms with Gasteiger partial charge < -0.3 is 9.72 Å². The molecule has 0 radical (unpaired) electrons. The van der Waals surface area contributed by atoms with Crippen LogP contribution in [0.4, 0.5) is 0 Å². The highest BCUT2D eigenvalue weighted by molar-refractivity contribution is 7.71. The monoisotopic (exact) mass is 292 g/mol. The molecular formula is C14H16N2O3S. The van der Waals surface area contributed by atoms with Gasteiger partial charge in [0, 0.05) is 0 Å². The number of para-hydroxylation sites is 1. The Balaban J connectivity index is 2.68. The third-order valence-corrected chi connectivity index (χ3v) is 3.50. The number of aromatic amines is 1. The van der Waals surface area contributed by atoms with Gasteiger partial charge in [-0.1, -0.05) is 12.1 Å². The predicted molar refractivity (Wildman–Crippen MR) is 79.3 cm³/mol. The first-order valence-electron chi connectivity index (χ1n) is 6.18. The van der Waals surface area contributed by atoms with E-state index in [-0.39, 0.29) is 17.9 Å². The van der Waals surface area contributed by atoms with Crippen LogP contribution in [0.5, 0.6) is 0 Å². The molecule has 0 saturated carbocycles. The van der Waals surface area contributed by atoms with Gasteiger partial charge in [0.1, 0.15) is 0 Å². The number of nitrogens with one attached hydrogen (secondary N) is 1. The van der Waals surface area contributed by atoms with Gasteiger partial charge in [-0.2, -0.15) is 0 Å².